The first-order valence-electron chi connectivity index (χ1n) is 8.70. The predicted molar refractivity (Wildman–Crippen MR) is 110 cm³/mol. The smallest absolute Gasteiger partial charge is 0.269 e. The van der Waals surface area contributed by atoms with Crippen LogP contribution in [0.15, 0.2) is 65.7 Å². The number of ether oxygens (including phenoxy) is 1. The molecule has 4 rings (SSSR count). The van der Waals surface area contributed by atoms with Gasteiger partial charge < -0.3 is 10.1 Å². The van der Waals surface area contributed by atoms with E-state index in [0.717, 1.165) is 0 Å². The van der Waals surface area contributed by atoms with Crippen molar-refractivity contribution in [1.29, 1.82) is 0 Å². The molecule has 0 radical (unpaired) electrons. The Morgan fingerprint density at radius 2 is 1.87 bits per heavy atom. The molecule has 2 N–H and O–H groups in total. The van der Waals surface area contributed by atoms with Gasteiger partial charge >= 0.3 is 0 Å². The molecule has 0 aliphatic carbocycles. The molecule has 0 atom stereocenters. The summed E-state index contributed by atoms with van der Waals surface area (Å²) >= 11 is 0. The Labute approximate surface area is 171 Å². The molecule has 0 unspecified atom stereocenters. The Morgan fingerprint density at radius 1 is 1.13 bits per heavy atom. The summed E-state index contributed by atoms with van der Waals surface area (Å²) in [7, 11) is -2.64. The molecule has 0 spiro atoms. The number of methoxy groups -OCH3 is 1. The van der Waals surface area contributed by atoms with Crippen LogP contribution < -0.4 is 10.0 Å². The summed E-state index contributed by atoms with van der Waals surface area (Å²) < 4.78 is 33.5. The van der Waals surface area contributed by atoms with Gasteiger partial charge in [-0.15, -0.1) is 0 Å². The zero-order valence-electron chi connectivity index (χ0n) is 15.6. The van der Waals surface area contributed by atoms with Crippen LogP contribution in [0.25, 0.3) is 16.5 Å². The van der Waals surface area contributed by atoms with Crippen molar-refractivity contribution in [1.82, 2.24) is 4.72 Å². The number of carbonyl (C=O) groups excluding carboxylic acids is 1. The number of amides is 1. The first-order chi connectivity index (χ1) is 14.3. The minimum absolute atomic E-state index is 0.00926. The van der Waals surface area contributed by atoms with Crippen LogP contribution >= 0.6 is 0 Å². The van der Waals surface area contributed by atoms with E-state index in [-0.39, 0.29) is 22.2 Å². The molecule has 1 amide bonds. The van der Waals surface area contributed by atoms with Gasteiger partial charge in [0.25, 0.3) is 21.6 Å². The largest absolute Gasteiger partial charge is 0.495 e. The summed E-state index contributed by atoms with van der Waals surface area (Å²) in [5.41, 5.74) is 1.34. The predicted octanol–water partition coefficient (Wildman–Crippen LogP) is 3.24. The van der Waals surface area contributed by atoms with Gasteiger partial charge in [-0.2, -0.15) is 0 Å². The number of carbonyl (C=O) groups is 1. The lowest BCUT2D eigenvalue weighted by atomic mass is 10.1. The number of sulfonamides is 1. The van der Waals surface area contributed by atoms with Crippen LogP contribution in [0.2, 0.25) is 0 Å². The number of nitrogens with zero attached hydrogens (tertiary/aromatic N) is 1. The van der Waals surface area contributed by atoms with E-state index in [1.165, 1.54) is 43.6 Å². The fourth-order valence-electron chi connectivity index (χ4n) is 3.30. The summed E-state index contributed by atoms with van der Waals surface area (Å²) in [5.74, 6) is -0.103. The van der Waals surface area contributed by atoms with Crippen LogP contribution in [0.4, 0.5) is 11.4 Å². The number of anilines is 1. The normalized spacial score (nSPS) is 13.2. The molecule has 3 aromatic carbocycles. The Morgan fingerprint density at radius 3 is 2.53 bits per heavy atom. The highest BCUT2D eigenvalue weighted by molar-refractivity contribution is 7.89. The van der Waals surface area contributed by atoms with Crippen molar-refractivity contribution in [3.05, 3.63) is 82.0 Å². The molecule has 0 aromatic heterocycles. The molecule has 0 saturated carbocycles. The highest BCUT2D eigenvalue weighted by atomic mass is 32.2. The quantitative estimate of drug-likeness (QED) is 0.355. The second-order valence-corrected chi connectivity index (χ2v) is 8.11. The van der Waals surface area contributed by atoms with Gasteiger partial charge in [-0.1, -0.05) is 12.1 Å². The van der Waals surface area contributed by atoms with Crippen molar-refractivity contribution in [3.8, 4) is 0 Å². The number of nitrogens with one attached hydrogen (secondary N) is 2. The van der Waals surface area contributed by atoms with E-state index in [4.69, 9.17) is 4.74 Å². The number of nitro groups is 1. The van der Waals surface area contributed by atoms with Gasteiger partial charge in [-0.3, -0.25) is 19.6 Å². The molecule has 0 bridgehead atoms. The summed E-state index contributed by atoms with van der Waals surface area (Å²) in [6.45, 7) is 0. The van der Waals surface area contributed by atoms with Gasteiger partial charge in [0.1, 0.15) is 5.76 Å². The fourth-order valence-corrected chi connectivity index (χ4v) is 4.40. The van der Waals surface area contributed by atoms with Crippen molar-refractivity contribution < 1.29 is 22.9 Å². The number of benzene rings is 3. The molecule has 1 aliphatic heterocycles. The number of hydrogen-bond acceptors (Lipinski definition) is 6. The van der Waals surface area contributed by atoms with Gasteiger partial charge in [-0.05, 0) is 30.3 Å². The van der Waals surface area contributed by atoms with E-state index in [1.54, 1.807) is 24.3 Å². The molecule has 3 aromatic rings. The molecule has 0 fully saturated rings. The van der Waals surface area contributed by atoms with Crippen LogP contribution in [0, 0.1) is 10.1 Å². The molecule has 0 saturated heterocycles. The Bertz CT molecular complexity index is 1330. The van der Waals surface area contributed by atoms with E-state index in [0.29, 0.717) is 27.6 Å². The number of non-ortho nitro benzene ring substituents is 1. The highest BCUT2D eigenvalue weighted by Crippen LogP contribution is 2.36. The topological polar surface area (TPSA) is 128 Å². The van der Waals surface area contributed by atoms with E-state index < -0.39 is 14.9 Å². The van der Waals surface area contributed by atoms with Crippen molar-refractivity contribution >= 4 is 43.8 Å². The lowest BCUT2D eigenvalue weighted by Crippen LogP contribution is -2.19. The standard InChI is InChI=1S/C20H15N3O6S/c1-29-17(12-5-7-13(8-6-12)23(25)26)11-21-30(27,28)18-10-9-16-19-14(18)3-2-4-15(19)20(24)22-16/h2-11,21H,1H3,(H,22,24). The second-order valence-electron chi connectivity index (χ2n) is 6.43. The lowest BCUT2D eigenvalue weighted by Gasteiger charge is -2.11. The minimum Gasteiger partial charge on any atom is -0.495 e. The lowest BCUT2D eigenvalue weighted by molar-refractivity contribution is -0.384. The maximum absolute atomic E-state index is 13.0. The number of rotatable bonds is 6. The Kier molecular flexibility index (Phi) is 4.63. The summed E-state index contributed by atoms with van der Waals surface area (Å²) in [6.07, 6.45) is 1.17. The van der Waals surface area contributed by atoms with Gasteiger partial charge in [0, 0.05) is 39.7 Å². The van der Waals surface area contributed by atoms with E-state index >= 15 is 0 Å². The second kappa shape index (κ2) is 7.16. The monoisotopic (exact) mass is 425 g/mol. The molecule has 1 aliphatic rings. The molecular weight excluding hydrogens is 410 g/mol. The van der Waals surface area contributed by atoms with Crippen LogP contribution in [0.1, 0.15) is 15.9 Å². The zero-order valence-corrected chi connectivity index (χ0v) is 16.4. The minimum atomic E-state index is -4.00. The van der Waals surface area contributed by atoms with Gasteiger partial charge in [0.2, 0.25) is 0 Å². The summed E-state index contributed by atoms with van der Waals surface area (Å²) in [5, 5.41) is 14.5. The van der Waals surface area contributed by atoms with Gasteiger partial charge in [0.05, 0.1) is 23.1 Å². The third kappa shape index (κ3) is 3.22. The zero-order chi connectivity index (χ0) is 21.5. The highest BCUT2D eigenvalue weighted by Gasteiger charge is 2.26. The average molecular weight is 425 g/mol. The van der Waals surface area contributed by atoms with Crippen molar-refractivity contribution in [2.75, 3.05) is 12.4 Å². The average Bonchev–Trinajstić information content (AvgIpc) is 3.06. The molecule has 1 heterocycles. The molecule has 152 valence electrons. The molecule has 9 nitrogen and oxygen atoms in total. The maximum atomic E-state index is 13.0. The molecule has 30 heavy (non-hydrogen) atoms. The third-order valence-electron chi connectivity index (χ3n) is 4.71. The van der Waals surface area contributed by atoms with E-state index in [1.807, 2.05) is 0 Å². The SMILES string of the molecule is COC(=CNS(=O)(=O)c1ccc2c3c(cccc13)C(=O)N2)c1ccc([N+](=O)[O-])cc1. The number of hydrogen-bond donors (Lipinski definition) is 2. The third-order valence-corrected chi connectivity index (χ3v) is 6.07. The van der Waals surface area contributed by atoms with Crippen LogP contribution in [0.3, 0.4) is 0 Å². The molecular formula is C20H15N3O6S. The number of nitro benzene ring substituents is 1. The van der Waals surface area contributed by atoms with E-state index in [9.17, 15) is 23.3 Å². The first kappa shape index (κ1) is 19.4. The summed E-state index contributed by atoms with van der Waals surface area (Å²) in [6, 6.07) is 13.4. The van der Waals surface area contributed by atoms with Crippen LogP contribution in [-0.4, -0.2) is 26.4 Å². The van der Waals surface area contributed by atoms with Crippen molar-refractivity contribution in [2.24, 2.45) is 0 Å². The van der Waals surface area contributed by atoms with Crippen molar-refractivity contribution in [2.45, 2.75) is 4.90 Å². The Hall–Kier alpha value is -3.92. The van der Waals surface area contributed by atoms with Crippen LogP contribution in [-0.2, 0) is 14.8 Å². The van der Waals surface area contributed by atoms with Gasteiger partial charge in [-0.25, -0.2) is 8.42 Å². The van der Waals surface area contributed by atoms with Crippen LogP contribution in [0.5, 0.6) is 0 Å². The maximum Gasteiger partial charge on any atom is 0.269 e. The fraction of sp³-hybridized carbons (Fsp3) is 0.0500. The van der Waals surface area contributed by atoms with E-state index in [2.05, 4.69) is 10.0 Å². The first-order valence-corrected chi connectivity index (χ1v) is 10.2. The van der Waals surface area contributed by atoms with Gasteiger partial charge in [0.15, 0.2) is 0 Å². The van der Waals surface area contributed by atoms with Crippen molar-refractivity contribution in [3.63, 3.8) is 0 Å². The molecule has 10 heteroatoms. The Balaban J connectivity index is 1.70. The summed E-state index contributed by atoms with van der Waals surface area (Å²) in [4.78, 5) is 22.3.